The van der Waals surface area contributed by atoms with Gasteiger partial charge in [-0.15, -0.1) is 0 Å². The molecule has 0 aromatic heterocycles. The van der Waals surface area contributed by atoms with Crippen molar-refractivity contribution in [1.29, 1.82) is 0 Å². The van der Waals surface area contributed by atoms with E-state index in [9.17, 15) is 0 Å². The number of nitrogens with one attached hydrogen (secondary N) is 1. The molecule has 0 bridgehead atoms. The number of piperidine rings is 1. The molecule has 2 nitrogen and oxygen atoms in total. The van der Waals surface area contributed by atoms with Crippen LogP contribution < -0.4 is 5.32 Å². The van der Waals surface area contributed by atoms with E-state index in [4.69, 9.17) is 0 Å². The molecule has 2 saturated carbocycles. The van der Waals surface area contributed by atoms with E-state index in [1.54, 1.807) is 0 Å². The van der Waals surface area contributed by atoms with Crippen LogP contribution in [0.15, 0.2) is 0 Å². The maximum Gasteiger partial charge on any atom is 0.00983 e. The molecule has 0 spiro atoms. The zero-order valence-corrected chi connectivity index (χ0v) is 13.3. The van der Waals surface area contributed by atoms with Crippen molar-refractivity contribution in [1.82, 2.24) is 10.2 Å². The Bertz CT molecular complexity index is 243. The van der Waals surface area contributed by atoms with Crippen LogP contribution in [0.4, 0.5) is 0 Å². The van der Waals surface area contributed by atoms with E-state index < -0.39 is 0 Å². The van der Waals surface area contributed by atoms with Crippen molar-refractivity contribution in [2.75, 3.05) is 19.6 Å². The molecule has 1 saturated heterocycles. The highest BCUT2D eigenvalue weighted by atomic mass is 15.2. The van der Waals surface area contributed by atoms with Crippen LogP contribution in [0.3, 0.4) is 0 Å². The summed E-state index contributed by atoms with van der Waals surface area (Å²) >= 11 is 0. The van der Waals surface area contributed by atoms with E-state index in [0.29, 0.717) is 0 Å². The van der Waals surface area contributed by atoms with Gasteiger partial charge < -0.3 is 5.32 Å². The molecule has 0 aromatic carbocycles. The lowest BCUT2D eigenvalue weighted by atomic mass is 9.86. The van der Waals surface area contributed by atoms with E-state index in [0.717, 1.165) is 18.0 Å². The summed E-state index contributed by atoms with van der Waals surface area (Å²) in [6, 6.07) is 1.86. The summed E-state index contributed by atoms with van der Waals surface area (Å²) in [6.45, 7) is 3.93. The molecule has 3 aliphatic rings. The van der Waals surface area contributed by atoms with Crippen LogP contribution in [-0.4, -0.2) is 36.6 Å². The largest absolute Gasteiger partial charge is 0.317 e. The van der Waals surface area contributed by atoms with Gasteiger partial charge >= 0.3 is 0 Å². The average molecular weight is 278 g/mol. The molecule has 3 rings (SSSR count). The zero-order valence-electron chi connectivity index (χ0n) is 13.3. The summed E-state index contributed by atoms with van der Waals surface area (Å²) < 4.78 is 0. The molecule has 0 amide bonds. The summed E-state index contributed by atoms with van der Waals surface area (Å²) in [4.78, 5) is 3.01. The van der Waals surface area contributed by atoms with Crippen molar-refractivity contribution < 1.29 is 0 Å². The molecule has 20 heavy (non-hydrogen) atoms. The summed E-state index contributed by atoms with van der Waals surface area (Å²) in [5.74, 6) is 0.972. The first-order valence-electron chi connectivity index (χ1n) is 9.40. The molecule has 1 N–H and O–H groups in total. The third-order valence-electron chi connectivity index (χ3n) is 6.02. The van der Waals surface area contributed by atoms with Gasteiger partial charge in [0.2, 0.25) is 0 Å². The summed E-state index contributed by atoms with van der Waals surface area (Å²) in [7, 11) is 0. The second kappa shape index (κ2) is 7.79. The highest BCUT2D eigenvalue weighted by Gasteiger charge is 2.30. The van der Waals surface area contributed by atoms with Crippen LogP contribution in [0.5, 0.6) is 0 Å². The molecule has 116 valence electrons. The van der Waals surface area contributed by atoms with Gasteiger partial charge in [0.15, 0.2) is 0 Å². The zero-order chi connectivity index (χ0) is 13.6. The van der Waals surface area contributed by atoms with E-state index in [1.165, 1.54) is 96.7 Å². The molecular formula is C18H34N2. The lowest BCUT2D eigenvalue weighted by Gasteiger charge is -2.44. The Morgan fingerprint density at radius 2 is 1.15 bits per heavy atom. The van der Waals surface area contributed by atoms with Crippen molar-refractivity contribution in [2.45, 2.75) is 89.1 Å². The molecule has 1 aliphatic heterocycles. The predicted molar refractivity (Wildman–Crippen MR) is 86.0 cm³/mol. The van der Waals surface area contributed by atoms with Gasteiger partial charge in [0.05, 0.1) is 0 Å². The van der Waals surface area contributed by atoms with E-state index in [1.807, 2.05) is 0 Å². The summed E-state index contributed by atoms with van der Waals surface area (Å²) in [5.41, 5.74) is 0. The number of nitrogens with zero attached hydrogens (tertiary/aromatic N) is 1. The van der Waals surface area contributed by atoms with Crippen LogP contribution in [0.1, 0.15) is 77.0 Å². The average Bonchev–Trinajstić information content (AvgIpc) is 2.55. The van der Waals surface area contributed by atoms with Crippen LogP contribution >= 0.6 is 0 Å². The van der Waals surface area contributed by atoms with Crippen LogP contribution in [0.25, 0.3) is 0 Å². The SMILES string of the molecule is C1CCC(N(CC2CCNCC2)C2CCCCC2)CC1. The molecule has 1 heterocycles. The van der Waals surface area contributed by atoms with Gasteiger partial charge in [0.1, 0.15) is 0 Å². The summed E-state index contributed by atoms with van der Waals surface area (Å²) in [6.07, 6.45) is 17.7. The number of hydrogen-bond acceptors (Lipinski definition) is 2. The van der Waals surface area contributed by atoms with E-state index >= 15 is 0 Å². The van der Waals surface area contributed by atoms with Gasteiger partial charge in [-0.1, -0.05) is 38.5 Å². The normalized spacial score (nSPS) is 28.1. The number of hydrogen-bond donors (Lipinski definition) is 1. The molecule has 2 aliphatic carbocycles. The maximum atomic E-state index is 3.53. The molecule has 2 heteroatoms. The highest BCUT2D eigenvalue weighted by molar-refractivity contribution is 4.86. The van der Waals surface area contributed by atoms with E-state index in [2.05, 4.69) is 10.2 Å². The fourth-order valence-electron chi connectivity index (χ4n) is 4.78. The van der Waals surface area contributed by atoms with E-state index in [-0.39, 0.29) is 0 Å². The predicted octanol–water partition coefficient (Wildman–Crippen LogP) is 3.95. The Morgan fingerprint density at radius 1 is 0.650 bits per heavy atom. The quantitative estimate of drug-likeness (QED) is 0.837. The first-order chi connectivity index (χ1) is 9.93. The number of rotatable bonds is 4. The molecule has 0 atom stereocenters. The molecule has 3 fully saturated rings. The van der Waals surface area contributed by atoms with Gasteiger partial charge in [-0.05, 0) is 57.5 Å². The Labute approximate surface area is 125 Å². The first kappa shape index (κ1) is 14.8. The molecule has 0 radical (unpaired) electrons. The maximum absolute atomic E-state index is 3.53. The third-order valence-corrected chi connectivity index (χ3v) is 6.02. The van der Waals surface area contributed by atoms with Crippen molar-refractivity contribution in [3.8, 4) is 0 Å². The Balaban J connectivity index is 1.61. The second-order valence-corrected chi connectivity index (χ2v) is 7.47. The van der Waals surface area contributed by atoms with Crippen molar-refractivity contribution in [3.05, 3.63) is 0 Å². The first-order valence-corrected chi connectivity index (χ1v) is 9.40. The summed E-state index contributed by atoms with van der Waals surface area (Å²) in [5, 5.41) is 3.53. The van der Waals surface area contributed by atoms with Crippen molar-refractivity contribution >= 4 is 0 Å². The second-order valence-electron chi connectivity index (χ2n) is 7.47. The minimum absolute atomic E-state index is 0.932. The molecule has 0 unspecified atom stereocenters. The lowest BCUT2D eigenvalue weighted by Crippen LogP contribution is -2.48. The monoisotopic (exact) mass is 278 g/mol. The smallest absolute Gasteiger partial charge is 0.00983 e. The van der Waals surface area contributed by atoms with Crippen molar-refractivity contribution in [2.24, 2.45) is 5.92 Å². The Morgan fingerprint density at radius 3 is 1.65 bits per heavy atom. The third kappa shape index (κ3) is 3.98. The molecule has 0 aromatic rings. The van der Waals surface area contributed by atoms with Crippen LogP contribution in [-0.2, 0) is 0 Å². The van der Waals surface area contributed by atoms with Gasteiger partial charge in [-0.3, -0.25) is 4.90 Å². The molecular weight excluding hydrogens is 244 g/mol. The van der Waals surface area contributed by atoms with Gasteiger partial charge in [0.25, 0.3) is 0 Å². The lowest BCUT2D eigenvalue weighted by molar-refractivity contribution is 0.0585. The van der Waals surface area contributed by atoms with Crippen LogP contribution in [0.2, 0.25) is 0 Å². The fraction of sp³-hybridized carbons (Fsp3) is 1.00. The highest BCUT2D eigenvalue weighted by Crippen LogP contribution is 2.31. The van der Waals surface area contributed by atoms with Gasteiger partial charge in [-0.25, -0.2) is 0 Å². The Kier molecular flexibility index (Phi) is 5.78. The topological polar surface area (TPSA) is 15.3 Å². The van der Waals surface area contributed by atoms with Gasteiger partial charge in [0, 0.05) is 18.6 Å². The minimum Gasteiger partial charge on any atom is -0.317 e. The minimum atomic E-state index is 0.932. The standard InChI is InChI=1S/C18H34N2/c1-3-7-17(8-4-1)20(18-9-5-2-6-10-18)15-16-11-13-19-14-12-16/h16-19H,1-15H2. The van der Waals surface area contributed by atoms with Crippen molar-refractivity contribution in [3.63, 3.8) is 0 Å². The fourth-order valence-corrected chi connectivity index (χ4v) is 4.78. The van der Waals surface area contributed by atoms with Gasteiger partial charge in [-0.2, -0.15) is 0 Å². The Hall–Kier alpha value is -0.0800. The van der Waals surface area contributed by atoms with Crippen LogP contribution in [0, 0.1) is 5.92 Å².